The number of fused-ring (bicyclic) bond motifs is 1. The number of rotatable bonds is 8. The predicted octanol–water partition coefficient (Wildman–Crippen LogP) is 1.90. The number of benzene rings is 2. The van der Waals surface area contributed by atoms with Crippen molar-refractivity contribution in [3.05, 3.63) is 53.9 Å². The van der Waals surface area contributed by atoms with Crippen molar-refractivity contribution >= 4 is 16.9 Å². The summed E-state index contributed by atoms with van der Waals surface area (Å²) in [6.07, 6.45) is 0.670. The lowest BCUT2D eigenvalue weighted by Crippen LogP contribution is -2.30. The first-order valence-electron chi connectivity index (χ1n) is 8.69. The second kappa shape index (κ2) is 8.55. The van der Waals surface area contributed by atoms with Gasteiger partial charge in [0.1, 0.15) is 19.0 Å². The molecule has 0 saturated carbocycles. The Bertz CT molecular complexity index is 936. The van der Waals surface area contributed by atoms with E-state index in [0.29, 0.717) is 30.3 Å². The highest BCUT2D eigenvalue weighted by molar-refractivity contribution is 5.81. The zero-order chi connectivity index (χ0) is 19.2. The van der Waals surface area contributed by atoms with Crippen LogP contribution in [0.25, 0.3) is 11.0 Å². The molecule has 7 nitrogen and oxygen atoms in total. The van der Waals surface area contributed by atoms with E-state index in [-0.39, 0.29) is 19.1 Å². The summed E-state index contributed by atoms with van der Waals surface area (Å²) >= 11 is 0. The molecule has 0 aliphatic rings. The molecular weight excluding hydrogens is 346 g/mol. The maximum absolute atomic E-state index is 12.3. The molecule has 0 aliphatic heterocycles. The highest BCUT2D eigenvalue weighted by Crippen LogP contribution is 2.27. The van der Waals surface area contributed by atoms with Crippen LogP contribution in [0.4, 0.5) is 0 Å². The molecule has 27 heavy (non-hydrogen) atoms. The van der Waals surface area contributed by atoms with E-state index >= 15 is 0 Å². The third-order valence-corrected chi connectivity index (χ3v) is 4.36. The largest absolute Gasteiger partial charge is 0.493 e. The number of aromatic nitrogens is 2. The van der Waals surface area contributed by atoms with E-state index in [2.05, 4.69) is 10.3 Å². The van der Waals surface area contributed by atoms with Gasteiger partial charge in [0.25, 0.3) is 0 Å². The molecule has 2 N–H and O–H groups in total. The van der Waals surface area contributed by atoms with Gasteiger partial charge in [0.15, 0.2) is 11.5 Å². The minimum absolute atomic E-state index is 0.113. The maximum Gasteiger partial charge on any atom is 0.240 e. The quantitative estimate of drug-likeness (QED) is 0.633. The van der Waals surface area contributed by atoms with Crippen molar-refractivity contribution in [3.63, 3.8) is 0 Å². The summed E-state index contributed by atoms with van der Waals surface area (Å²) in [4.78, 5) is 16.7. The zero-order valence-electron chi connectivity index (χ0n) is 15.4. The molecule has 0 radical (unpaired) electrons. The number of nitrogens with one attached hydrogen (secondary N) is 1. The monoisotopic (exact) mass is 369 g/mol. The molecule has 1 aromatic heterocycles. The number of hydrogen-bond acceptors (Lipinski definition) is 5. The Morgan fingerprint density at radius 1 is 1.15 bits per heavy atom. The molecule has 7 heteroatoms. The average Bonchev–Trinajstić information content (AvgIpc) is 3.05. The molecule has 1 heterocycles. The highest BCUT2D eigenvalue weighted by Gasteiger charge is 2.12. The Hall–Kier alpha value is -3.06. The zero-order valence-corrected chi connectivity index (χ0v) is 15.4. The normalized spacial score (nSPS) is 10.8. The van der Waals surface area contributed by atoms with Crippen molar-refractivity contribution in [3.8, 4) is 11.5 Å². The van der Waals surface area contributed by atoms with E-state index in [1.165, 1.54) is 0 Å². The molecule has 0 fully saturated rings. The van der Waals surface area contributed by atoms with Gasteiger partial charge in [-0.3, -0.25) is 4.79 Å². The lowest BCUT2D eigenvalue weighted by atomic mass is 10.1. The van der Waals surface area contributed by atoms with E-state index in [4.69, 9.17) is 9.47 Å². The first-order valence-corrected chi connectivity index (χ1v) is 8.69. The molecule has 3 aromatic rings. The molecule has 0 atom stereocenters. The summed E-state index contributed by atoms with van der Waals surface area (Å²) in [5.41, 5.74) is 2.63. The standard InChI is InChI=1S/C20H23N3O4/c1-26-17-8-7-14(11-18(17)27-2)9-10-21-20(25)12-23-16-6-4-3-5-15(16)22-19(23)13-24/h3-8,11,24H,9-10,12-13H2,1-2H3,(H,21,25). The van der Waals surface area contributed by atoms with Gasteiger partial charge in [-0.2, -0.15) is 0 Å². The van der Waals surface area contributed by atoms with Gasteiger partial charge in [0.2, 0.25) is 5.91 Å². The number of imidazole rings is 1. The molecule has 0 bridgehead atoms. The Balaban J connectivity index is 1.61. The average molecular weight is 369 g/mol. The van der Waals surface area contributed by atoms with Crippen LogP contribution in [0.15, 0.2) is 42.5 Å². The van der Waals surface area contributed by atoms with Gasteiger partial charge >= 0.3 is 0 Å². The number of aliphatic hydroxyl groups excluding tert-OH is 1. The van der Waals surface area contributed by atoms with E-state index < -0.39 is 0 Å². The van der Waals surface area contributed by atoms with E-state index in [1.807, 2.05) is 42.5 Å². The SMILES string of the molecule is COc1ccc(CCNC(=O)Cn2c(CO)nc3ccccc32)cc1OC. The Morgan fingerprint density at radius 2 is 1.93 bits per heavy atom. The van der Waals surface area contributed by atoms with Crippen LogP contribution in [0.1, 0.15) is 11.4 Å². The van der Waals surface area contributed by atoms with Gasteiger partial charge < -0.3 is 24.5 Å². The third kappa shape index (κ3) is 4.20. The first kappa shape index (κ1) is 18.7. The molecule has 2 aromatic carbocycles. The number of hydrogen-bond donors (Lipinski definition) is 2. The van der Waals surface area contributed by atoms with Crippen LogP contribution in [-0.2, 0) is 24.4 Å². The Morgan fingerprint density at radius 3 is 2.67 bits per heavy atom. The van der Waals surface area contributed by atoms with Crippen LogP contribution in [0.5, 0.6) is 11.5 Å². The number of carbonyl (C=O) groups is 1. The summed E-state index contributed by atoms with van der Waals surface area (Å²) in [7, 11) is 3.19. The maximum atomic E-state index is 12.3. The van der Waals surface area contributed by atoms with Crippen molar-refractivity contribution in [2.75, 3.05) is 20.8 Å². The van der Waals surface area contributed by atoms with Gasteiger partial charge in [0.05, 0.1) is 25.3 Å². The van der Waals surface area contributed by atoms with Crippen LogP contribution in [0, 0.1) is 0 Å². The number of ether oxygens (including phenoxy) is 2. The molecular formula is C20H23N3O4. The summed E-state index contributed by atoms with van der Waals surface area (Å²) in [5, 5.41) is 12.4. The summed E-state index contributed by atoms with van der Waals surface area (Å²) in [6, 6.07) is 13.2. The van der Waals surface area contributed by atoms with Crippen molar-refractivity contribution in [2.24, 2.45) is 0 Å². The number of aliphatic hydroxyl groups is 1. The smallest absolute Gasteiger partial charge is 0.240 e. The molecule has 1 amide bonds. The van der Waals surface area contributed by atoms with Crippen molar-refractivity contribution in [2.45, 2.75) is 19.6 Å². The van der Waals surface area contributed by atoms with Gasteiger partial charge in [-0.25, -0.2) is 4.98 Å². The summed E-state index contributed by atoms with van der Waals surface area (Å²) in [5.74, 6) is 1.69. The number of nitrogens with zero attached hydrogens (tertiary/aromatic N) is 2. The lowest BCUT2D eigenvalue weighted by Gasteiger charge is -2.11. The third-order valence-electron chi connectivity index (χ3n) is 4.36. The van der Waals surface area contributed by atoms with Crippen molar-refractivity contribution < 1.29 is 19.4 Å². The number of methoxy groups -OCH3 is 2. The molecule has 0 saturated heterocycles. The minimum Gasteiger partial charge on any atom is -0.493 e. The summed E-state index contributed by atoms with van der Waals surface area (Å²) < 4.78 is 12.3. The van der Waals surface area contributed by atoms with Gasteiger partial charge in [-0.15, -0.1) is 0 Å². The Labute approximate surface area is 157 Å². The minimum atomic E-state index is -0.215. The highest BCUT2D eigenvalue weighted by atomic mass is 16.5. The fraction of sp³-hybridized carbons (Fsp3) is 0.300. The van der Waals surface area contributed by atoms with Gasteiger partial charge in [-0.05, 0) is 36.2 Å². The van der Waals surface area contributed by atoms with E-state index in [1.54, 1.807) is 18.8 Å². The van der Waals surface area contributed by atoms with Crippen molar-refractivity contribution in [1.82, 2.24) is 14.9 Å². The number of para-hydroxylation sites is 2. The van der Waals surface area contributed by atoms with E-state index in [9.17, 15) is 9.90 Å². The molecule has 0 spiro atoms. The topological polar surface area (TPSA) is 85.6 Å². The number of amides is 1. The van der Waals surface area contributed by atoms with Crippen molar-refractivity contribution in [1.29, 1.82) is 0 Å². The Kier molecular flexibility index (Phi) is 5.93. The second-order valence-electron chi connectivity index (χ2n) is 6.05. The van der Waals surface area contributed by atoms with Crippen LogP contribution in [0.3, 0.4) is 0 Å². The van der Waals surface area contributed by atoms with Gasteiger partial charge in [-0.1, -0.05) is 18.2 Å². The van der Waals surface area contributed by atoms with Crippen LogP contribution in [-0.4, -0.2) is 41.3 Å². The van der Waals surface area contributed by atoms with Gasteiger partial charge in [0, 0.05) is 6.54 Å². The van der Waals surface area contributed by atoms with Crippen LogP contribution in [0.2, 0.25) is 0 Å². The second-order valence-corrected chi connectivity index (χ2v) is 6.05. The van der Waals surface area contributed by atoms with Crippen LogP contribution < -0.4 is 14.8 Å². The fourth-order valence-corrected chi connectivity index (χ4v) is 3.00. The molecule has 142 valence electrons. The summed E-state index contributed by atoms with van der Waals surface area (Å²) in [6.45, 7) is 0.394. The first-order chi connectivity index (χ1) is 13.2. The van der Waals surface area contributed by atoms with E-state index in [0.717, 1.165) is 16.6 Å². The molecule has 0 aliphatic carbocycles. The lowest BCUT2D eigenvalue weighted by molar-refractivity contribution is -0.121. The predicted molar refractivity (Wildman–Crippen MR) is 102 cm³/mol. The van der Waals surface area contributed by atoms with Crippen LogP contribution >= 0.6 is 0 Å². The molecule has 0 unspecified atom stereocenters. The fourth-order valence-electron chi connectivity index (χ4n) is 3.00. The molecule has 3 rings (SSSR count). The number of carbonyl (C=O) groups excluding carboxylic acids is 1.